The van der Waals surface area contributed by atoms with Gasteiger partial charge in [0.05, 0.1) is 12.3 Å². The molecule has 0 radical (unpaired) electrons. The molecule has 0 aromatic heterocycles. The third-order valence-corrected chi connectivity index (χ3v) is 7.98. The van der Waals surface area contributed by atoms with Crippen LogP contribution >= 0.6 is 15.9 Å². The van der Waals surface area contributed by atoms with Gasteiger partial charge in [-0.3, -0.25) is 14.6 Å². The van der Waals surface area contributed by atoms with Gasteiger partial charge in [0.2, 0.25) is 0 Å². The Balaban J connectivity index is 1.67. The number of hydrogen-bond donors (Lipinski definition) is 0. The lowest BCUT2D eigenvalue weighted by Gasteiger charge is -2.36. The zero-order valence-corrected chi connectivity index (χ0v) is 22.2. The summed E-state index contributed by atoms with van der Waals surface area (Å²) in [6.07, 6.45) is 1.69. The second kappa shape index (κ2) is 8.21. The van der Waals surface area contributed by atoms with Gasteiger partial charge < -0.3 is 4.74 Å². The van der Waals surface area contributed by atoms with Gasteiger partial charge in [0.1, 0.15) is 11.0 Å². The summed E-state index contributed by atoms with van der Waals surface area (Å²) in [6, 6.07) is 20.2. The van der Waals surface area contributed by atoms with Crippen LogP contribution in [0, 0.1) is 5.41 Å². The predicted octanol–water partition coefficient (Wildman–Crippen LogP) is 5.71. The van der Waals surface area contributed by atoms with Crippen LogP contribution < -0.4 is 0 Å². The van der Waals surface area contributed by atoms with Crippen LogP contribution in [0.5, 0.6) is 0 Å². The molecule has 6 nitrogen and oxygen atoms in total. The third-order valence-electron chi connectivity index (χ3n) is 7.45. The number of esters is 1. The first-order valence-corrected chi connectivity index (χ1v) is 13.0. The van der Waals surface area contributed by atoms with Gasteiger partial charge in [-0.05, 0) is 49.6 Å². The Morgan fingerprint density at radius 2 is 1.51 bits per heavy atom. The van der Waals surface area contributed by atoms with Crippen LogP contribution in [0.2, 0.25) is 0 Å². The third kappa shape index (κ3) is 3.37. The van der Waals surface area contributed by atoms with Gasteiger partial charge >= 0.3 is 5.97 Å². The van der Waals surface area contributed by atoms with Crippen LogP contribution in [0.1, 0.15) is 70.1 Å². The molecule has 186 valence electrons. The molecule has 3 aromatic carbocycles. The van der Waals surface area contributed by atoms with Crippen molar-refractivity contribution >= 4 is 39.7 Å². The summed E-state index contributed by atoms with van der Waals surface area (Å²) in [5, 5.41) is 6.35. The van der Waals surface area contributed by atoms with Crippen molar-refractivity contribution in [2.24, 2.45) is 10.5 Å². The van der Waals surface area contributed by atoms with Crippen LogP contribution in [0.3, 0.4) is 0 Å². The van der Waals surface area contributed by atoms with Crippen molar-refractivity contribution in [2.75, 3.05) is 0 Å². The zero-order valence-electron chi connectivity index (χ0n) is 20.6. The van der Waals surface area contributed by atoms with Gasteiger partial charge in [0, 0.05) is 21.5 Å². The number of carbonyl (C=O) groups is 3. The lowest BCUT2D eigenvalue weighted by molar-refractivity contribution is -0.161. The van der Waals surface area contributed by atoms with Crippen LogP contribution in [0.4, 0.5) is 0 Å². The van der Waals surface area contributed by atoms with E-state index in [1.54, 1.807) is 56.3 Å². The molecule has 2 heterocycles. The number of ether oxygens (including phenoxy) is 1. The molecule has 3 aliphatic rings. The number of hydrogen-bond acceptors (Lipinski definition) is 6. The molecule has 0 bridgehead atoms. The Kier molecular flexibility index (Phi) is 5.28. The maximum Gasteiger partial charge on any atom is 0.331 e. The number of benzene rings is 3. The standard InChI is InChI=1S/C30H25BrN2O4/c1-29(2,3)37-28(36)24-23(17-12-14-19(31)15-13-17)30(26(34)21-10-6-7-11-22(21)27(30)35)25-20-9-5-4-8-18(20)16-32-33(24)25/h4-16,23-25H,1-3H3/t23-,24+,25?/m0/s1. The molecule has 3 atom stereocenters. The maximum atomic E-state index is 14.5. The highest BCUT2D eigenvalue weighted by Crippen LogP contribution is 2.64. The summed E-state index contributed by atoms with van der Waals surface area (Å²) in [5.74, 6) is -1.91. The van der Waals surface area contributed by atoms with Gasteiger partial charge in [-0.25, -0.2) is 4.79 Å². The van der Waals surface area contributed by atoms with Gasteiger partial charge in [-0.1, -0.05) is 76.6 Å². The van der Waals surface area contributed by atoms with Crippen LogP contribution in [-0.2, 0) is 9.53 Å². The van der Waals surface area contributed by atoms with Crippen molar-refractivity contribution in [2.45, 2.75) is 44.4 Å². The van der Waals surface area contributed by atoms with Gasteiger partial charge in [-0.15, -0.1) is 0 Å². The average Bonchev–Trinajstić information content (AvgIpc) is 3.30. The summed E-state index contributed by atoms with van der Waals surface area (Å²) in [4.78, 5) is 43.0. The molecule has 1 unspecified atom stereocenters. The SMILES string of the molecule is CC(C)(C)OC(=O)[C@H]1[C@H](c2ccc(Br)cc2)C2(C(=O)c3ccccc3C2=O)C2c3ccccc3C=NN21. The monoisotopic (exact) mass is 556 g/mol. The van der Waals surface area contributed by atoms with E-state index in [0.717, 1.165) is 15.6 Å². The second-order valence-corrected chi connectivity index (χ2v) is 11.7. The number of halogens is 1. The first-order chi connectivity index (χ1) is 17.6. The van der Waals surface area contributed by atoms with E-state index in [9.17, 15) is 14.4 Å². The lowest BCUT2D eigenvalue weighted by atomic mass is 9.63. The van der Waals surface area contributed by atoms with Crippen LogP contribution in [-0.4, -0.2) is 40.4 Å². The molecular formula is C30H25BrN2O4. The minimum absolute atomic E-state index is 0.283. The fraction of sp³-hybridized carbons (Fsp3) is 0.267. The Morgan fingerprint density at radius 1 is 0.919 bits per heavy atom. The predicted molar refractivity (Wildman–Crippen MR) is 143 cm³/mol. The van der Waals surface area contributed by atoms with Crippen molar-refractivity contribution in [1.82, 2.24) is 5.01 Å². The fourth-order valence-electron chi connectivity index (χ4n) is 6.15. The Bertz CT molecular complexity index is 1450. The topological polar surface area (TPSA) is 76.0 Å². The van der Waals surface area contributed by atoms with Gasteiger partial charge in [-0.2, -0.15) is 5.10 Å². The number of nitrogens with zero attached hydrogens (tertiary/aromatic N) is 2. The molecule has 1 saturated heterocycles. The Labute approximate surface area is 223 Å². The zero-order chi connectivity index (χ0) is 26.1. The highest BCUT2D eigenvalue weighted by molar-refractivity contribution is 9.10. The molecule has 0 saturated carbocycles. The lowest BCUT2D eigenvalue weighted by Crippen LogP contribution is -2.44. The number of Topliss-reactive ketones (excluding diaryl/α,β-unsaturated/α-hetero) is 2. The number of ketones is 2. The van der Waals surface area contributed by atoms with Gasteiger partial charge in [0.25, 0.3) is 0 Å². The normalized spacial score (nSPS) is 23.1. The quantitative estimate of drug-likeness (QED) is 0.298. The van der Waals surface area contributed by atoms with E-state index >= 15 is 0 Å². The largest absolute Gasteiger partial charge is 0.458 e. The van der Waals surface area contributed by atoms with Crippen molar-refractivity contribution in [3.05, 3.63) is 105 Å². The van der Waals surface area contributed by atoms with Crippen molar-refractivity contribution in [3.63, 3.8) is 0 Å². The van der Waals surface area contributed by atoms with E-state index < -0.39 is 35.0 Å². The molecule has 1 fully saturated rings. The van der Waals surface area contributed by atoms with E-state index in [0.29, 0.717) is 16.7 Å². The molecule has 1 aliphatic carbocycles. The minimum Gasteiger partial charge on any atom is -0.458 e. The molecule has 0 N–H and O–H groups in total. The van der Waals surface area contributed by atoms with Crippen LogP contribution in [0.25, 0.3) is 0 Å². The van der Waals surface area contributed by atoms with E-state index in [1.807, 2.05) is 48.5 Å². The molecule has 3 aromatic rings. The first kappa shape index (κ1) is 23.8. The first-order valence-electron chi connectivity index (χ1n) is 12.2. The summed E-state index contributed by atoms with van der Waals surface area (Å²) < 4.78 is 6.75. The fourth-order valence-corrected chi connectivity index (χ4v) is 6.42. The van der Waals surface area contributed by atoms with Crippen molar-refractivity contribution < 1.29 is 19.1 Å². The Morgan fingerprint density at radius 3 is 2.14 bits per heavy atom. The Hall–Kier alpha value is -3.58. The summed E-state index contributed by atoms with van der Waals surface area (Å²) in [7, 11) is 0. The second-order valence-electron chi connectivity index (χ2n) is 10.7. The van der Waals surface area contributed by atoms with E-state index in [-0.39, 0.29) is 11.6 Å². The molecular weight excluding hydrogens is 532 g/mol. The maximum absolute atomic E-state index is 14.5. The van der Waals surface area contributed by atoms with Gasteiger partial charge in [0.15, 0.2) is 17.6 Å². The van der Waals surface area contributed by atoms with Crippen molar-refractivity contribution in [3.8, 4) is 0 Å². The minimum atomic E-state index is -1.59. The van der Waals surface area contributed by atoms with E-state index in [4.69, 9.17) is 9.84 Å². The number of fused-ring (bicyclic) bond motifs is 5. The molecule has 2 aliphatic heterocycles. The number of hydrazone groups is 1. The molecule has 37 heavy (non-hydrogen) atoms. The van der Waals surface area contributed by atoms with Crippen LogP contribution in [0.15, 0.2) is 82.4 Å². The summed E-state index contributed by atoms with van der Waals surface area (Å²) in [5.41, 5.74) is 0.719. The number of rotatable bonds is 2. The van der Waals surface area contributed by atoms with E-state index in [2.05, 4.69) is 15.9 Å². The smallest absolute Gasteiger partial charge is 0.331 e. The molecule has 1 spiro atoms. The van der Waals surface area contributed by atoms with Crippen molar-refractivity contribution in [1.29, 1.82) is 0 Å². The molecule has 7 heteroatoms. The summed E-state index contributed by atoms with van der Waals surface area (Å²) >= 11 is 3.48. The number of carbonyl (C=O) groups excluding carboxylic acids is 3. The molecule has 0 amide bonds. The molecule has 6 rings (SSSR count). The highest BCUT2D eigenvalue weighted by atomic mass is 79.9. The van der Waals surface area contributed by atoms with E-state index in [1.165, 1.54) is 0 Å². The highest BCUT2D eigenvalue weighted by Gasteiger charge is 2.73. The summed E-state index contributed by atoms with van der Waals surface area (Å²) in [6.45, 7) is 5.41. The average molecular weight is 557 g/mol.